The van der Waals surface area contributed by atoms with E-state index in [4.69, 9.17) is 5.73 Å². The molecule has 0 saturated carbocycles. The number of carbonyl (C=O) groups is 2. The number of halogens is 1. The van der Waals surface area contributed by atoms with E-state index in [9.17, 15) is 14.0 Å². The van der Waals surface area contributed by atoms with Crippen LogP contribution in [-0.4, -0.2) is 24.4 Å². The number of hydrogen-bond donors (Lipinski definition) is 3. The minimum atomic E-state index is -0.852. The summed E-state index contributed by atoms with van der Waals surface area (Å²) in [5, 5.41) is 5.68. The Bertz CT molecular complexity index is 505. The van der Waals surface area contributed by atoms with Crippen LogP contribution in [-0.2, 0) is 4.79 Å². The molecule has 1 aromatic rings. The van der Waals surface area contributed by atoms with Crippen LogP contribution in [0.4, 0.5) is 10.1 Å². The molecule has 1 heterocycles. The first kappa shape index (κ1) is 13.3. The Labute approximate surface area is 110 Å². The van der Waals surface area contributed by atoms with E-state index >= 15 is 0 Å². The molecule has 1 aromatic carbocycles. The van der Waals surface area contributed by atoms with Gasteiger partial charge in [0.15, 0.2) is 0 Å². The summed E-state index contributed by atoms with van der Waals surface area (Å²) in [6, 6.07) is 3.71. The summed E-state index contributed by atoms with van der Waals surface area (Å²) in [6.45, 7) is 0.642. The quantitative estimate of drug-likeness (QED) is 0.762. The van der Waals surface area contributed by atoms with E-state index in [1.807, 2.05) is 0 Å². The van der Waals surface area contributed by atoms with Gasteiger partial charge in [-0.1, -0.05) is 6.07 Å². The molecule has 1 atom stereocenters. The molecule has 0 bridgehead atoms. The lowest BCUT2D eigenvalue weighted by atomic mass is 10.1. The topological polar surface area (TPSA) is 84.2 Å². The molecule has 0 aromatic heterocycles. The highest BCUT2D eigenvalue weighted by atomic mass is 19.1. The second-order valence-corrected chi connectivity index (χ2v) is 4.51. The van der Waals surface area contributed by atoms with Gasteiger partial charge in [0.25, 0.3) is 5.91 Å². The van der Waals surface area contributed by atoms with Crippen LogP contribution in [0.15, 0.2) is 18.2 Å². The average molecular weight is 265 g/mol. The average Bonchev–Trinajstić information content (AvgIpc) is 2.54. The van der Waals surface area contributed by atoms with E-state index in [1.165, 1.54) is 12.1 Å². The van der Waals surface area contributed by atoms with E-state index in [0.29, 0.717) is 13.0 Å². The fourth-order valence-corrected chi connectivity index (χ4v) is 2.16. The van der Waals surface area contributed by atoms with Gasteiger partial charge in [0.05, 0.1) is 11.3 Å². The Hall–Kier alpha value is -2.11. The van der Waals surface area contributed by atoms with Gasteiger partial charge in [0, 0.05) is 6.54 Å². The zero-order valence-electron chi connectivity index (χ0n) is 10.4. The maximum atomic E-state index is 13.6. The number of nitrogens with two attached hydrogens (primary N) is 1. The van der Waals surface area contributed by atoms with Gasteiger partial charge in [-0.25, -0.2) is 4.39 Å². The van der Waals surface area contributed by atoms with E-state index in [0.717, 1.165) is 12.8 Å². The predicted molar refractivity (Wildman–Crippen MR) is 69.2 cm³/mol. The first-order valence-corrected chi connectivity index (χ1v) is 6.22. The summed E-state index contributed by atoms with van der Waals surface area (Å²) in [4.78, 5) is 23.1. The molecule has 2 rings (SSSR count). The van der Waals surface area contributed by atoms with E-state index < -0.39 is 17.8 Å². The Morgan fingerprint density at radius 3 is 2.95 bits per heavy atom. The number of nitrogens with one attached hydrogen (secondary N) is 2. The van der Waals surface area contributed by atoms with Crippen LogP contribution in [0, 0.1) is 5.82 Å². The van der Waals surface area contributed by atoms with Crippen LogP contribution in [0.5, 0.6) is 0 Å². The normalized spacial score (nSPS) is 19.4. The van der Waals surface area contributed by atoms with Gasteiger partial charge in [-0.3, -0.25) is 9.59 Å². The molecule has 1 aliphatic rings. The van der Waals surface area contributed by atoms with Crippen molar-refractivity contribution < 1.29 is 14.0 Å². The van der Waals surface area contributed by atoms with Gasteiger partial charge < -0.3 is 16.4 Å². The van der Waals surface area contributed by atoms with Crippen molar-refractivity contribution in [3.8, 4) is 0 Å². The first-order chi connectivity index (χ1) is 9.09. The summed E-state index contributed by atoms with van der Waals surface area (Å²) < 4.78 is 13.6. The number of primary amides is 1. The SMILES string of the molecule is NC(=O)c1c(F)cccc1NC1CCCCNC1=O. The number of rotatable bonds is 3. The zero-order valence-corrected chi connectivity index (χ0v) is 10.4. The third-order valence-corrected chi connectivity index (χ3v) is 3.13. The molecule has 1 unspecified atom stereocenters. The van der Waals surface area contributed by atoms with Crippen molar-refractivity contribution in [2.24, 2.45) is 5.73 Å². The number of benzene rings is 1. The summed E-state index contributed by atoms with van der Waals surface area (Å²) >= 11 is 0. The molecule has 1 saturated heterocycles. The van der Waals surface area contributed by atoms with Crippen molar-refractivity contribution in [2.75, 3.05) is 11.9 Å². The van der Waals surface area contributed by atoms with Crippen molar-refractivity contribution in [3.05, 3.63) is 29.6 Å². The molecule has 0 radical (unpaired) electrons. The van der Waals surface area contributed by atoms with Gasteiger partial charge in [-0.15, -0.1) is 0 Å². The summed E-state index contributed by atoms with van der Waals surface area (Å²) in [5.74, 6) is -1.68. The van der Waals surface area contributed by atoms with Crippen molar-refractivity contribution in [2.45, 2.75) is 25.3 Å². The first-order valence-electron chi connectivity index (χ1n) is 6.22. The smallest absolute Gasteiger partial charge is 0.253 e. The van der Waals surface area contributed by atoms with E-state index in [2.05, 4.69) is 10.6 Å². The number of amides is 2. The fraction of sp³-hybridized carbons (Fsp3) is 0.385. The Morgan fingerprint density at radius 2 is 2.21 bits per heavy atom. The Kier molecular flexibility index (Phi) is 3.99. The lowest BCUT2D eigenvalue weighted by Gasteiger charge is -2.18. The lowest BCUT2D eigenvalue weighted by molar-refractivity contribution is -0.121. The number of carbonyl (C=O) groups excluding carboxylic acids is 2. The molecule has 102 valence electrons. The summed E-state index contributed by atoms with van der Waals surface area (Å²) in [5.41, 5.74) is 5.22. The van der Waals surface area contributed by atoms with Gasteiger partial charge in [0.1, 0.15) is 11.9 Å². The maximum Gasteiger partial charge on any atom is 0.253 e. The minimum absolute atomic E-state index is 0.141. The molecule has 1 fully saturated rings. The van der Waals surface area contributed by atoms with Crippen molar-refractivity contribution in [1.29, 1.82) is 0 Å². The largest absolute Gasteiger partial charge is 0.373 e. The van der Waals surface area contributed by atoms with Crippen LogP contribution >= 0.6 is 0 Å². The molecule has 19 heavy (non-hydrogen) atoms. The molecule has 1 aliphatic heterocycles. The van der Waals surface area contributed by atoms with Crippen molar-refractivity contribution >= 4 is 17.5 Å². The highest BCUT2D eigenvalue weighted by Gasteiger charge is 2.23. The van der Waals surface area contributed by atoms with Gasteiger partial charge >= 0.3 is 0 Å². The minimum Gasteiger partial charge on any atom is -0.373 e. The predicted octanol–water partition coefficient (Wildman–Crippen LogP) is 1.01. The maximum absolute atomic E-state index is 13.6. The molecule has 4 N–H and O–H groups in total. The second kappa shape index (κ2) is 5.69. The van der Waals surface area contributed by atoms with Crippen LogP contribution in [0.25, 0.3) is 0 Å². The van der Waals surface area contributed by atoms with Crippen LogP contribution in [0.1, 0.15) is 29.6 Å². The fourth-order valence-electron chi connectivity index (χ4n) is 2.16. The molecule has 2 amide bonds. The van der Waals surface area contributed by atoms with Crippen molar-refractivity contribution in [1.82, 2.24) is 5.32 Å². The number of hydrogen-bond acceptors (Lipinski definition) is 3. The molecule has 6 heteroatoms. The summed E-state index contributed by atoms with van der Waals surface area (Å²) in [6.07, 6.45) is 2.44. The van der Waals surface area contributed by atoms with Crippen LogP contribution < -0.4 is 16.4 Å². The third kappa shape index (κ3) is 3.01. The molecular formula is C13H16FN3O2. The molecule has 5 nitrogen and oxygen atoms in total. The van der Waals surface area contributed by atoms with Crippen LogP contribution in [0.2, 0.25) is 0 Å². The highest BCUT2D eigenvalue weighted by Crippen LogP contribution is 2.21. The molecule has 0 aliphatic carbocycles. The van der Waals surface area contributed by atoms with E-state index in [1.54, 1.807) is 6.07 Å². The zero-order chi connectivity index (χ0) is 13.8. The Balaban J connectivity index is 2.25. The highest BCUT2D eigenvalue weighted by molar-refractivity contribution is 5.99. The monoisotopic (exact) mass is 265 g/mol. The molecule has 0 spiro atoms. The standard InChI is InChI=1S/C13H16FN3O2/c14-8-4-3-6-9(11(8)12(15)18)17-10-5-1-2-7-16-13(10)19/h3-4,6,10,17H,1-2,5,7H2,(H2,15,18)(H,16,19). The third-order valence-electron chi connectivity index (χ3n) is 3.13. The second-order valence-electron chi connectivity index (χ2n) is 4.51. The molecular weight excluding hydrogens is 249 g/mol. The van der Waals surface area contributed by atoms with Gasteiger partial charge in [-0.05, 0) is 31.4 Å². The Morgan fingerprint density at radius 1 is 1.42 bits per heavy atom. The van der Waals surface area contributed by atoms with Crippen LogP contribution in [0.3, 0.4) is 0 Å². The lowest BCUT2D eigenvalue weighted by Crippen LogP contribution is -2.38. The van der Waals surface area contributed by atoms with Gasteiger partial charge in [-0.2, -0.15) is 0 Å². The number of anilines is 1. The summed E-state index contributed by atoms with van der Waals surface area (Å²) in [7, 11) is 0. The van der Waals surface area contributed by atoms with Crippen molar-refractivity contribution in [3.63, 3.8) is 0 Å². The van der Waals surface area contributed by atoms with Gasteiger partial charge in [0.2, 0.25) is 5.91 Å². The van der Waals surface area contributed by atoms with E-state index in [-0.39, 0.29) is 17.2 Å².